The van der Waals surface area contributed by atoms with Crippen molar-refractivity contribution in [2.24, 2.45) is 0 Å². The van der Waals surface area contributed by atoms with E-state index in [0.29, 0.717) is 40.0 Å². The molecule has 9 heteroatoms. The van der Waals surface area contributed by atoms with E-state index in [-0.39, 0.29) is 11.7 Å². The number of carbonyl (C=O) groups excluding carboxylic acids is 1. The fourth-order valence-electron chi connectivity index (χ4n) is 3.86. The summed E-state index contributed by atoms with van der Waals surface area (Å²) in [6.45, 7) is 1.85. The molecule has 0 radical (unpaired) electrons. The Kier molecular flexibility index (Phi) is 5.31. The number of anilines is 2. The smallest absolute Gasteiger partial charge is 0.256 e. The summed E-state index contributed by atoms with van der Waals surface area (Å²) in [5.74, 6) is 1.43. The minimum absolute atomic E-state index is 0.134. The molecule has 2 aromatic heterocycles. The molecule has 0 aliphatic carbocycles. The predicted octanol–water partition coefficient (Wildman–Crippen LogP) is 4.65. The summed E-state index contributed by atoms with van der Waals surface area (Å²) in [5, 5.41) is 22.7. The Labute approximate surface area is 194 Å². The number of benzene rings is 2. The van der Waals surface area contributed by atoms with Gasteiger partial charge in [0.2, 0.25) is 5.95 Å². The Bertz CT molecular complexity index is 1360. The van der Waals surface area contributed by atoms with Crippen LogP contribution in [0.5, 0.6) is 11.5 Å². The van der Waals surface area contributed by atoms with Crippen molar-refractivity contribution in [3.63, 3.8) is 0 Å². The van der Waals surface area contributed by atoms with Gasteiger partial charge in [-0.05, 0) is 42.6 Å². The number of aromatic nitrogens is 3. The summed E-state index contributed by atoms with van der Waals surface area (Å²) < 4.78 is 7.10. The molecule has 1 atom stereocenters. The average molecular weight is 460 g/mol. The fourth-order valence-corrected chi connectivity index (χ4v) is 4.68. The molecule has 1 aliphatic heterocycles. The molecule has 8 nitrogen and oxygen atoms in total. The van der Waals surface area contributed by atoms with Gasteiger partial charge in [0.15, 0.2) is 5.82 Å². The predicted molar refractivity (Wildman–Crippen MR) is 128 cm³/mol. The number of hydrogen-bond donors (Lipinski definition) is 3. The minimum Gasteiger partial charge on any atom is -0.508 e. The Morgan fingerprint density at radius 1 is 1.18 bits per heavy atom. The molecular weight excluding hydrogens is 438 g/mol. The number of methoxy groups -OCH3 is 1. The molecule has 3 N–H and O–H groups in total. The van der Waals surface area contributed by atoms with E-state index in [1.165, 1.54) is 0 Å². The van der Waals surface area contributed by atoms with Gasteiger partial charge in [0, 0.05) is 16.1 Å². The normalized spacial score (nSPS) is 15.0. The zero-order chi connectivity index (χ0) is 22.9. The van der Waals surface area contributed by atoms with Crippen LogP contribution in [0.2, 0.25) is 0 Å². The van der Waals surface area contributed by atoms with Gasteiger partial charge in [-0.15, -0.1) is 16.4 Å². The van der Waals surface area contributed by atoms with Crippen molar-refractivity contribution in [3.8, 4) is 22.9 Å². The first-order chi connectivity index (χ1) is 16.0. The number of phenols is 1. The molecule has 0 saturated heterocycles. The highest BCUT2D eigenvalue weighted by Gasteiger charge is 2.35. The maximum atomic E-state index is 13.5. The summed E-state index contributed by atoms with van der Waals surface area (Å²) >= 11 is 1.54. The molecule has 0 bridgehead atoms. The van der Waals surface area contributed by atoms with Gasteiger partial charge in [0.05, 0.1) is 18.4 Å². The van der Waals surface area contributed by atoms with Crippen LogP contribution in [0.1, 0.15) is 17.8 Å². The van der Waals surface area contributed by atoms with Crippen molar-refractivity contribution in [1.29, 1.82) is 0 Å². The van der Waals surface area contributed by atoms with Gasteiger partial charge >= 0.3 is 0 Å². The quantitative estimate of drug-likeness (QED) is 0.402. The molecule has 5 rings (SSSR count). The fraction of sp³-hybridized carbons (Fsp3) is 0.125. The highest BCUT2D eigenvalue weighted by Crippen LogP contribution is 2.39. The second-order valence-electron chi connectivity index (χ2n) is 7.49. The molecule has 33 heavy (non-hydrogen) atoms. The molecule has 2 aromatic carbocycles. The van der Waals surface area contributed by atoms with Crippen LogP contribution in [0.4, 0.5) is 11.6 Å². The van der Waals surface area contributed by atoms with Gasteiger partial charge in [0.1, 0.15) is 17.5 Å². The Morgan fingerprint density at radius 2 is 2.03 bits per heavy atom. The molecule has 166 valence electrons. The SMILES string of the molecule is COc1ccccc1NC(=O)C1=C(C)Nc2nc(-c3cccc(O)c3)nn2C1c1cccs1. The Morgan fingerprint density at radius 3 is 2.79 bits per heavy atom. The van der Waals surface area contributed by atoms with Crippen LogP contribution in [0.3, 0.4) is 0 Å². The summed E-state index contributed by atoms with van der Waals surface area (Å²) in [5.41, 5.74) is 2.48. The number of aromatic hydroxyl groups is 1. The number of rotatable bonds is 5. The van der Waals surface area contributed by atoms with Crippen molar-refractivity contribution >= 4 is 28.9 Å². The summed E-state index contributed by atoms with van der Waals surface area (Å²) in [6, 6.07) is 17.5. The van der Waals surface area contributed by atoms with Crippen LogP contribution in [0, 0.1) is 0 Å². The number of phenolic OH excluding ortho intramolecular Hbond substituents is 1. The summed E-state index contributed by atoms with van der Waals surface area (Å²) in [4.78, 5) is 19.1. The molecular formula is C24H21N5O3S. The maximum absolute atomic E-state index is 13.5. The van der Waals surface area contributed by atoms with Gasteiger partial charge in [-0.1, -0.05) is 30.3 Å². The standard InChI is InChI=1S/C24H21N5O3S/c1-14-20(23(31)26-17-9-3-4-10-18(17)32-2)21(19-11-6-12-33-19)29-24(25-14)27-22(28-29)15-7-5-8-16(30)13-15/h3-13,21,30H,1-2H3,(H,26,31)(H,25,27,28). The van der Waals surface area contributed by atoms with Gasteiger partial charge < -0.3 is 20.5 Å². The molecule has 0 spiro atoms. The Hall–Kier alpha value is -4.11. The number of carbonyl (C=O) groups is 1. The number of hydrogen-bond acceptors (Lipinski definition) is 7. The number of para-hydroxylation sites is 2. The third kappa shape index (κ3) is 3.83. The van der Waals surface area contributed by atoms with Crippen LogP contribution < -0.4 is 15.4 Å². The number of ether oxygens (including phenoxy) is 1. The minimum atomic E-state index is -0.463. The topological polar surface area (TPSA) is 101 Å². The molecule has 1 aliphatic rings. The first-order valence-electron chi connectivity index (χ1n) is 10.3. The third-order valence-electron chi connectivity index (χ3n) is 5.37. The van der Waals surface area contributed by atoms with E-state index in [2.05, 4.69) is 15.6 Å². The van der Waals surface area contributed by atoms with Crippen LogP contribution in [0.25, 0.3) is 11.4 Å². The summed E-state index contributed by atoms with van der Waals surface area (Å²) in [6.07, 6.45) is 0. The maximum Gasteiger partial charge on any atom is 0.256 e. The number of thiophene rings is 1. The van der Waals surface area contributed by atoms with E-state index in [0.717, 1.165) is 4.88 Å². The van der Waals surface area contributed by atoms with E-state index in [1.807, 2.05) is 42.6 Å². The highest BCUT2D eigenvalue weighted by molar-refractivity contribution is 7.10. The van der Waals surface area contributed by atoms with Crippen LogP contribution in [0.15, 0.2) is 77.3 Å². The van der Waals surface area contributed by atoms with E-state index in [4.69, 9.17) is 9.84 Å². The second kappa shape index (κ2) is 8.44. The van der Waals surface area contributed by atoms with Crippen LogP contribution in [-0.2, 0) is 4.79 Å². The van der Waals surface area contributed by atoms with E-state index >= 15 is 0 Å². The first-order valence-corrected chi connectivity index (χ1v) is 11.1. The first kappa shape index (κ1) is 20.8. The van der Waals surface area contributed by atoms with Gasteiger partial charge in [-0.2, -0.15) is 4.98 Å². The second-order valence-corrected chi connectivity index (χ2v) is 8.47. The van der Waals surface area contributed by atoms with Gasteiger partial charge in [-0.25, -0.2) is 4.68 Å². The largest absolute Gasteiger partial charge is 0.508 e. The van der Waals surface area contributed by atoms with E-state index in [9.17, 15) is 9.90 Å². The van der Waals surface area contributed by atoms with Crippen molar-refractivity contribution in [3.05, 3.63) is 82.2 Å². The number of nitrogens with zero attached hydrogens (tertiary/aromatic N) is 3. The zero-order valence-corrected chi connectivity index (χ0v) is 18.8. The van der Waals surface area contributed by atoms with Gasteiger partial charge in [0.25, 0.3) is 5.91 Å². The van der Waals surface area contributed by atoms with Gasteiger partial charge in [-0.3, -0.25) is 4.79 Å². The lowest BCUT2D eigenvalue weighted by Crippen LogP contribution is -2.31. The Balaban J connectivity index is 1.57. The van der Waals surface area contributed by atoms with Crippen molar-refractivity contribution in [2.45, 2.75) is 13.0 Å². The van der Waals surface area contributed by atoms with Crippen LogP contribution in [-0.4, -0.2) is 32.9 Å². The van der Waals surface area contributed by atoms with E-state index < -0.39 is 6.04 Å². The average Bonchev–Trinajstić information content (AvgIpc) is 3.48. The lowest BCUT2D eigenvalue weighted by atomic mass is 10.0. The van der Waals surface area contributed by atoms with E-state index in [1.54, 1.807) is 53.5 Å². The third-order valence-corrected chi connectivity index (χ3v) is 6.29. The zero-order valence-electron chi connectivity index (χ0n) is 17.9. The highest BCUT2D eigenvalue weighted by atomic mass is 32.1. The number of nitrogens with one attached hydrogen (secondary N) is 2. The number of allylic oxidation sites excluding steroid dienone is 1. The molecule has 0 fully saturated rings. The van der Waals surface area contributed by atoms with Crippen molar-refractivity contribution < 1.29 is 14.6 Å². The number of fused-ring (bicyclic) bond motifs is 1. The van der Waals surface area contributed by atoms with Crippen molar-refractivity contribution in [1.82, 2.24) is 14.8 Å². The molecule has 1 amide bonds. The molecule has 4 aromatic rings. The number of amides is 1. The molecule has 1 unspecified atom stereocenters. The lowest BCUT2D eigenvalue weighted by molar-refractivity contribution is -0.113. The lowest BCUT2D eigenvalue weighted by Gasteiger charge is -2.27. The summed E-state index contributed by atoms with van der Waals surface area (Å²) in [7, 11) is 1.57. The monoisotopic (exact) mass is 459 g/mol. The van der Waals surface area contributed by atoms with Crippen LogP contribution >= 0.6 is 11.3 Å². The molecule has 3 heterocycles. The van der Waals surface area contributed by atoms with Crippen molar-refractivity contribution in [2.75, 3.05) is 17.7 Å². The molecule has 0 saturated carbocycles.